The van der Waals surface area contributed by atoms with Crippen molar-refractivity contribution in [2.24, 2.45) is 5.73 Å². The summed E-state index contributed by atoms with van der Waals surface area (Å²) in [5.41, 5.74) is 6.54. The number of benzene rings is 1. The quantitative estimate of drug-likeness (QED) is 0.899. The van der Waals surface area contributed by atoms with Gasteiger partial charge in [0.25, 0.3) is 0 Å². The van der Waals surface area contributed by atoms with Gasteiger partial charge >= 0.3 is 0 Å². The third kappa shape index (κ3) is 2.02. The van der Waals surface area contributed by atoms with Crippen molar-refractivity contribution in [3.8, 4) is 5.75 Å². The molecule has 1 aromatic rings. The SMILES string of the molecule is NC1(c2cc(F)cc(Cl)c2OC2CC2)CCC1. The fourth-order valence-electron chi connectivity index (χ4n) is 2.23. The Hall–Kier alpha value is -0.800. The number of nitrogens with two attached hydrogens (primary N) is 1. The minimum absolute atomic E-state index is 0.236. The summed E-state index contributed by atoms with van der Waals surface area (Å²) in [4.78, 5) is 0. The van der Waals surface area contributed by atoms with E-state index in [4.69, 9.17) is 22.1 Å². The van der Waals surface area contributed by atoms with Gasteiger partial charge in [-0.15, -0.1) is 0 Å². The van der Waals surface area contributed by atoms with Gasteiger partial charge in [-0.1, -0.05) is 11.6 Å². The van der Waals surface area contributed by atoms with E-state index in [1.54, 1.807) is 0 Å². The van der Waals surface area contributed by atoms with E-state index in [2.05, 4.69) is 0 Å². The summed E-state index contributed by atoms with van der Waals surface area (Å²) in [6.45, 7) is 0. The molecule has 2 fully saturated rings. The van der Waals surface area contributed by atoms with Crippen LogP contribution in [-0.4, -0.2) is 6.10 Å². The van der Waals surface area contributed by atoms with E-state index >= 15 is 0 Å². The first-order valence-electron chi connectivity index (χ1n) is 6.03. The maximum atomic E-state index is 13.5. The molecule has 2 aliphatic carbocycles. The number of halogens is 2. The maximum Gasteiger partial charge on any atom is 0.143 e. The molecular weight excluding hydrogens is 241 g/mol. The second-order valence-corrected chi connectivity index (χ2v) is 5.50. The highest BCUT2D eigenvalue weighted by Crippen LogP contribution is 2.46. The van der Waals surface area contributed by atoms with Crippen LogP contribution in [-0.2, 0) is 5.54 Å². The lowest BCUT2D eigenvalue weighted by molar-refractivity contribution is 0.231. The molecule has 0 heterocycles. The van der Waals surface area contributed by atoms with Gasteiger partial charge in [-0.3, -0.25) is 0 Å². The molecule has 1 aromatic carbocycles. The highest BCUT2D eigenvalue weighted by Gasteiger charge is 2.39. The summed E-state index contributed by atoms with van der Waals surface area (Å²) < 4.78 is 19.2. The van der Waals surface area contributed by atoms with Crippen molar-refractivity contribution in [1.29, 1.82) is 0 Å². The van der Waals surface area contributed by atoms with Gasteiger partial charge in [0.05, 0.1) is 11.1 Å². The molecule has 92 valence electrons. The lowest BCUT2D eigenvalue weighted by Crippen LogP contribution is -2.43. The fraction of sp³-hybridized carbons (Fsp3) is 0.538. The van der Waals surface area contributed by atoms with Gasteiger partial charge in [0.15, 0.2) is 0 Å². The molecule has 0 aliphatic heterocycles. The second kappa shape index (κ2) is 3.85. The first-order chi connectivity index (χ1) is 8.08. The van der Waals surface area contributed by atoms with Crippen LogP contribution in [0.5, 0.6) is 5.75 Å². The van der Waals surface area contributed by atoms with E-state index in [0.717, 1.165) is 37.7 Å². The van der Waals surface area contributed by atoms with E-state index in [9.17, 15) is 4.39 Å². The molecule has 0 spiro atoms. The van der Waals surface area contributed by atoms with Crippen molar-refractivity contribution in [3.63, 3.8) is 0 Å². The number of rotatable bonds is 3. The predicted octanol–water partition coefficient (Wildman–Crippen LogP) is 3.36. The third-order valence-electron chi connectivity index (χ3n) is 3.60. The van der Waals surface area contributed by atoms with Crippen LogP contribution in [0.25, 0.3) is 0 Å². The van der Waals surface area contributed by atoms with Gasteiger partial charge in [-0.25, -0.2) is 4.39 Å². The minimum Gasteiger partial charge on any atom is -0.489 e. The minimum atomic E-state index is -0.448. The Morgan fingerprint density at radius 1 is 1.35 bits per heavy atom. The van der Waals surface area contributed by atoms with Gasteiger partial charge in [0, 0.05) is 11.1 Å². The zero-order chi connectivity index (χ0) is 12.0. The first-order valence-corrected chi connectivity index (χ1v) is 6.41. The number of hydrogen-bond donors (Lipinski definition) is 1. The van der Waals surface area contributed by atoms with Gasteiger partial charge in [0.2, 0.25) is 0 Å². The van der Waals surface area contributed by atoms with E-state index < -0.39 is 5.54 Å². The summed E-state index contributed by atoms with van der Waals surface area (Å²) in [5.74, 6) is 0.252. The zero-order valence-electron chi connectivity index (χ0n) is 9.51. The molecule has 2 saturated carbocycles. The Bertz CT molecular complexity index is 455. The monoisotopic (exact) mass is 255 g/mol. The number of ether oxygens (including phenoxy) is 1. The van der Waals surface area contributed by atoms with E-state index in [-0.39, 0.29) is 11.9 Å². The van der Waals surface area contributed by atoms with Crippen LogP contribution in [0, 0.1) is 5.82 Å². The van der Waals surface area contributed by atoms with Crippen molar-refractivity contribution >= 4 is 11.6 Å². The molecule has 0 radical (unpaired) electrons. The van der Waals surface area contributed by atoms with Crippen LogP contribution in [0.2, 0.25) is 5.02 Å². The average molecular weight is 256 g/mol. The van der Waals surface area contributed by atoms with Gasteiger partial charge in [-0.2, -0.15) is 0 Å². The Morgan fingerprint density at radius 2 is 2.06 bits per heavy atom. The fourth-order valence-corrected chi connectivity index (χ4v) is 2.48. The molecule has 0 unspecified atom stereocenters. The second-order valence-electron chi connectivity index (χ2n) is 5.09. The molecule has 2 aliphatic rings. The van der Waals surface area contributed by atoms with E-state index in [1.165, 1.54) is 12.1 Å². The highest BCUT2D eigenvalue weighted by atomic mass is 35.5. The molecule has 0 saturated heterocycles. The summed E-state index contributed by atoms with van der Waals surface area (Å²) in [6, 6.07) is 2.77. The molecule has 0 bridgehead atoms. The predicted molar refractivity (Wildman–Crippen MR) is 64.8 cm³/mol. The molecular formula is C13H15ClFNO. The topological polar surface area (TPSA) is 35.2 Å². The summed E-state index contributed by atoms with van der Waals surface area (Å²) in [6.07, 6.45) is 5.14. The van der Waals surface area contributed by atoms with Crippen LogP contribution in [0.15, 0.2) is 12.1 Å². The van der Waals surface area contributed by atoms with Crippen molar-refractivity contribution < 1.29 is 9.13 Å². The lowest BCUT2D eigenvalue weighted by Gasteiger charge is -2.39. The maximum absolute atomic E-state index is 13.5. The van der Waals surface area contributed by atoms with Gasteiger partial charge < -0.3 is 10.5 Å². The largest absolute Gasteiger partial charge is 0.489 e. The molecule has 0 atom stereocenters. The van der Waals surface area contributed by atoms with Crippen molar-refractivity contribution in [1.82, 2.24) is 0 Å². The summed E-state index contributed by atoms with van der Waals surface area (Å²) in [5, 5.41) is 0.337. The molecule has 2 nitrogen and oxygen atoms in total. The molecule has 17 heavy (non-hydrogen) atoms. The van der Waals surface area contributed by atoms with Crippen LogP contribution >= 0.6 is 11.6 Å². The smallest absolute Gasteiger partial charge is 0.143 e. The summed E-state index contributed by atoms with van der Waals surface area (Å²) in [7, 11) is 0. The third-order valence-corrected chi connectivity index (χ3v) is 3.88. The molecule has 3 rings (SSSR count). The van der Waals surface area contributed by atoms with Crippen molar-refractivity contribution in [2.45, 2.75) is 43.7 Å². The number of hydrogen-bond acceptors (Lipinski definition) is 2. The molecule has 4 heteroatoms. The molecule has 2 N–H and O–H groups in total. The van der Waals surface area contributed by atoms with Crippen molar-refractivity contribution in [3.05, 3.63) is 28.5 Å². The lowest BCUT2D eigenvalue weighted by atomic mass is 9.72. The van der Waals surface area contributed by atoms with E-state index in [1.807, 2.05) is 0 Å². The zero-order valence-corrected chi connectivity index (χ0v) is 10.3. The first kappa shape index (κ1) is 11.3. The van der Waals surface area contributed by atoms with Crippen LogP contribution < -0.4 is 10.5 Å². The average Bonchev–Trinajstić information content (AvgIpc) is 3.02. The Labute approximate surface area is 105 Å². The standard InChI is InChI=1S/C13H15ClFNO/c14-11-7-8(15)6-10(13(16)4-1-5-13)12(11)17-9-2-3-9/h6-7,9H,1-5,16H2. The molecule has 0 amide bonds. The van der Waals surface area contributed by atoms with Crippen LogP contribution in [0.3, 0.4) is 0 Å². The van der Waals surface area contributed by atoms with Crippen LogP contribution in [0.1, 0.15) is 37.7 Å². The molecule has 0 aromatic heterocycles. The van der Waals surface area contributed by atoms with Crippen LogP contribution in [0.4, 0.5) is 4.39 Å². The summed E-state index contributed by atoms with van der Waals surface area (Å²) >= 11 is 6.07. The van der Waals surface area contributed by atoms with Crippen molar-refractivity contribution in [2.75, 3.05) is 0 Å². The Morgan fingerprint density at radius 3 is 2.59 bits per heavy atom. The van der Waals surface area contributed by atoms with Gasteiger partial charge in [0.1, 0.15) is 11.6 Å². The Kier molecular flexibility index (Phi) is 2.56. The van der Waals surface area contributed by atoms with Gasteiger partial charge in [-0.05, 0) is 44.2 Å². The Balaban J connectivity index is 2.03. The van der Waals surface area contributed by atoms with E-state index in [0.29, 0.717) is 10.8 Å². The normalized spacial score (nSPS) is 22.1. The highest BCUT2D eigenvalue weighted by molar-refractivity contribution is 6.32.